The normalized spacial score (nSPS) is 10.6. The fourth-order valence-electron chi connectivity index (χ4n) is 2.32. The monoisotopic (exact) mass is 361 g/mol. The lowest BCUT2D eigenvalue weighted by atomic mass is 10.1. The van der Waals surface area contributed by atoms with E-state index in [4.69, 9.17) is 23.2 Å². The molecule has 0 unspecified atom stereocenters. The quantitative estimate of drug-likeness (QED) is 0.708. The molecule has 0 atom stereocenters. The first-order valence-corrected chi connectivity index (χ1v) is 7.82. The highest BCUT2D eigenvalue weighted by Gasteiger charge is 2.12. The van der Waals surface area contributed by atoms with Crippen LogP contribution >= 0.6 is 23.2 Å². The molecular weight excluding hydrogens is 349 g/mol. The summed E-state index contributed by atoms with van der Waals surface area (Å²) in [4.78, 5) is 24.2. The van der Waals surface area contributed by atoms with E-state index in [1.54, 1.807) is 24.3 Å². The number of halogens is 2. The number of anilines is 1. The van der Waals surface area contributed by atoms with Crippen molar-refractivity contribution in [3.05, 3.63) is 64.3 Å². The van der Waals surface area contributed by atoms with Crippen LogP contribution < -0.4 is 10.6 Å². The third-order valence-electron chi connectivity index (χ3n) is 3.55. The van der Waals surface area contributed by atoms with Gasteiger partial charge in [0.05, 0.1) is 10.0 Å². The lowest BCUT2D eigenvalue weighted by Gasteiger charge is -2.08. The fraction of sp³-hybridized carbons (Fsp3) is 0.0588. The third kappa shape index (κ3) is 3.37. The first kappa shape index (κ1) is 16.4. The summed E-state index contributed by atoms with van der Waals surface area (Å²) in [7, 11) is 1.89. The van der Waals surface area contributed by atoms with Gasteiger partial charge in [-0.2, -0.15) is 0 Å². The van der Waals surface area contributed by atoms with Gasteiger partial charge in [-0.1, -0.05) is 29.3 Å². The number of hydrogen-bond acceptors (Lipinski definition) is 2. The number of aromatic nitrogens is 1. The van der Waals surface area contributed by atoms with Crippen LogP contribution in [0.1, 0.15) is 10.4 Å². The molecule has 5 nitrogen and oxygen atoms in total. The average Bonchev–Trinajstić information content (AvgIpc) is 2.91. The third-order valence-corrected chi connectivity index (χ3v) is 4.29. The second-order valence-corrected chi connectivity index (χ2v) is 6.05. The molecule has 0 bridgehead atoms. The molecular formula is C17H13Cl2N3O2. The Morgan fingerprint density at radius 1 is 1.00 bits per heavy atom. The second kappa shape index (κ2) is 6.55. The minimum Gasteiger partial charge on any atom is -0.351 e. The van der Waals surface area contributed by atoms with Gasteiger partial charge in [-0.25, -0.2) is 4.79 Å². The molecule has 0 aliphatic heterocycles. The van der Waals surface area contributed by atoms with Gasteiger partial charge in [0.15, 0.2) is 0 Å². The SMILES string of the molecule is Cn1ccc2ccc(C(=O)NC(=O)Nc3ccc(Cl)c(Cl)c3)cc21. The number of amides is 3. The highest BCUT2D eigenvalue weighted by atomic mass is 35.5. The number of carbonyl (C=O) groups excluding carboxylic acids is 2. The minimum atomic E-state index is -0.648. The van der Waals surface area contributed by atoms with Crippen LogP contribution in [0.15, 0.2) is 48.7 Å². The summed E-state index contributed by atoms with van der Waals surface area (Å²) in [6.45, 7) is 0. The van der Waals surface area contributed by atoms with Gasteiger partial charge >= 0.3 is 6.03 Å². The predicted octanol–water partition coefficient (Wildman–Crippen LogP) is 4.45. The summed E-state index contributed by atoms with van der Waals surface area (Å²) in [6, 6.07) is 11.2. The van der Waals surface area contributed by atoms with E-state index in [9.17, 15) is 9.59 Å². The Kier molecular flexibility index (Phi) is 4.46. The van der Waals surface area contributed by atoms with Crippen LogP contribution in [0.2, 0.25) is 10.0 Å². The largest absolute Gasteiger partial charge is 0.351 e. The molecule has 3 rings (SSSR count). The number of hydrogen-bond donors (Lipinski definition) is 2. The summed E-state index contributed by atoms with van der Waals surface area (Å²) < 4.78 is 1.90. The van der Waals surface area contributed by atoms with Crippen molar-refractivity contribution in [2.24, 2.45) is 7.05 Å². The standard InChI is InChI=1S/C17H13Cl2N3O2/c1-22-7-6-10-2-3-11(8-15(10)22)16(23)21-17(24)20-12-4-5-13(18)14(19)9-12/h2-9H,1H3,(H2,20,21,23,24). The minimum absolute atomic E-state index is 0.315. The summed E-state index contributed by atoms with van der Waals surface area (Å²) >= 11 is 11.7. The number of imide groups is 1. The Bertz CT molecular complexity index is 950. The molecule has 1 heterocycles. The van der Waals surface area contributed by atoms with Gasteiger partial charge in [0, 0.05) is 30.0 Å². The molecule has 0 fully saturated rings. The van der Waals surface area contributed by atoms with Crippen LogP contribution in [0.5, 0.6) is 0 Å². The van der Waals surface area contributed by atoms with Crippen LogP contribution in [0.4, 0.5) is 10.5 Å². The molecule has 0 radical (unpaired) electrons. The number of urea groups is 1. The number of carbonyl (C=O) groups is 2. The number of benzene rings is 2. The number of rotatable bonds is 2. The zero-order chi connectivity index (χ0) is 17.3. The number of fused-ring (bicyclic) bond motifs is 1. The highest BCUT2D eigenvalue weighted by Crippen LogP contribution is 2.25. The van der Waals surface area contributed by atoms with E-state index in [-0.39, 0.29) is 0 Å². The number of nitrogens with zero attached hydrogens (tertiary/aromatic N) is 1. The van der Waals surface area contributed by atoms with Gasteiger partial charge in [0.2, 0.25) is 0 Å². The summed E-state index contributed by atoms with van der Waals surface area (Å²) in [5.41, 5.74) is 1.74. The molecule has 0 spiro atoms. The van der Waals surface area contributed by atoms with Crippen LogP contribution in [-0.2, 0) is 7.05 Å². The van der Waals surface area contributed by atoms with Crippen molar-refractivity contribution in [1.29, 1.82) is 0 Å². The number of aryl methyl sites for hydroxylation is 1. The van der Waals surface area contributed by atoms with E-state index in [0.29, 0.717) is 21.3 Å². The molecule has 3 aromatic rings. The predicted molar refractivity (Wildman–Crippen MR) is 95.9 cm³/mol. The van der Waals surface area contributed by atoms with E-state index in [2.05, 4.69) is 10.6 Å². The Morgan fingerprint density at radius 3 is 2.54 bits per heavy atom. The zero-order valence-corrected chi connectivity index (χ0v) is 14.2. The van der Waals surface area contributed by atoms with E-state index < -0.39 is 11.9 Å². The molecule has 3 amide bonds. The fourth-order valence-corrected chi connectivity index (χ4v) is 2.61. The maximum atomic E-state index is 12.2. The summed E-state index contributed by atoms with van der Waals surface area (Å²) in [6.07, 6.45) is 1.91. The summed E-state index contributed by atoms with van der Waals surface area (Å²) in [5.74, 6) is -0.490. The van der Waals surface area contributed by atoms with Gasteiger partial charge in [0.25, 0.3) is 5.91 Å². The Hall–Kier alpha value is -2.50. The van der Waals surface area contributed by atoms with Crippen molar-refractivity contribution in [3.63, 3.8) is 0 Å². The van der Waals surface area contributed by atoms with Crippen LogP contribution in [0.25, 0.3) is 10.9 Å². The van der Waals surface area contributed by atoms with Crippen molar-refractivity contribution in [1.82, 2.24) is 9.88 Å². The van der Waals surface area contributed by atoms with Crippen LogP contribution in [-0.4, -0.2) is 16.5 Å². The molecule has 1 aromatic heterocycles. The van der Waals surface area contributed by atoms with Crippen LogP contribution in [0, 0.1) is 0 Å². The molecule has 7 heteroatoms. The zero-order valence-electron chi connectivity index (χ0n) is 12.6. The van der Waals surface area contributed by atoms with Crippen LogP contribution in [0.3, 0.4) is 0 Å². The van der Waals surface area contributed by atoms with Gasteiger partial charge in [-0.15, -0.1) is 0 Å². The first-order chi connectivity index (χ1) is 11.4. The highest BCUT2D eigenvalue weighted by molar-refractivity contribution is 6.42. The van der Waals surface area contributed by atoms with E-state index in [1.807, 2.05) is 29.9 Å². The Morgan fingerprint density at radius 2 is 1.79 bits per heavy atom. The molecule has 0 aliphatic carbocycles. The molecule has 0 saturated carbocycles. The lowest BCUT2D eigenvalue weighted by molar-refractivity contribution is 0.0967. The van der Waals surface area contributed by atoms with Crippen molar-refractivity contribution < 1.29 is 9.59 Å². The maximum Gasteiger partial charge on any atom is 0.326 e. The molecule has 0 aliphatic rings. The van der Waals surface area contributed by atoms with E-state index in [0.717, 1.165) is 10.9 Å². The maximum absolute atomic E-state index is 12.2. The Labute approximate surface area is 148 Å². The lowest BCUT2D eigenvalue weighted by Crippen LogP contribution is -2.34. The molecule has 2 aromatic carbocycles. The topological polar surface area (TPSA) is 63.1 Å². The van der Waals surface area contributed by atoms with Crippen molar-refractivity contribution in [2.75, 3.05) is 5.32 Å². The number of nitrogens with one attached hydrogen (secondary N) is 2. The van der Waals surface area contributed by atoms with Crippen molar-refractivity contribution in [3.8, 4) is 0 Å². The second-order valence-electron chi connectivity index (χ2n) is 5.24. The Balaban J connectivity index is 1.71. The van der Waals surface area contributed by atoms with Crippen molar-refractivity contribution in [2.45, 2.75) is 0 Å². The average molecular weight is 362 g/mol. The van der Waals surface area contributed by atoms with Gasteiger partial charge in [-0.3, -0.25) is 10.1 Å². The van der Waals surface area contributed by atoms with Gasteiger partial charge in [-0.05, 0) is 41.8 Å². The summed E-state index contributed by atoms with van der Waals surface area (Å²) in [5, 5.41) is 6.54. The molecule has 24 heavy (non-hydrogen) atoms. The van der Waals surface area contributed by atoms with E-state index >= 15 is 0 Å². The van der Waals surface area contributed by atoms with Gasteiger partial charge < -0.3 is 9.88 Å². The van der Waals surface area contributed by atoms with E-state index in [1.165, 1.54) is 6.07 Å². The van der Waals surface area contributed by atoms with Crippen molar-refractivity contribution >= 4 is 51.7 Å². The smallest absolute Gasteiger partial charge is 0.326 e. The molecule has 122 valence electrons. The van der Waals surface area contributed by atoms with Gasteiger partial charge in [0.1, 0.15) is 0 Å². The first-order valence-electron chi connectivity index (χ1n) is 7.06. The molecule has 2 N–H and O–H groups in total. The molecule has 0 saturated heterocycles.